The normalized spacial score (nSPS) is 15.8. The number of methoxy groups -OCH3 is 2. The van der Waals surface area contributed by atoms with E-state index in [0.29, 0.717) is 0 Å². The van der Waals surface area contributed by atoms with Crippen molar-refractivity contribution in [3.63, 3.8) is 0 Å². The van der Waals surface area contributed by atoms with Crippen molar-refractivity contribution in [1.29, 1.82) is 0 Å². The van der Waals surface area contributed by atoms with Gasteiger partial charge >= 0.3 is 0 Å². The topological polar surface area (TPSA) is 18.5 Å². The molecule has 83 valence electrons. The van der Waals surface area contributed by atoms with Crippen LogP contribution in [-0.4, -0.2) is 14.2 Å². The van der Waals surface area contributed by atoms with Crippen molar-refractivity contribution < 1.29 is 9.47 Å². The Morgan fingerprint density at radius 3 is 2.38 bits per heavy atom. The van der Waals surface area contributed by atoms with Gasteiger partial charge in [-0.1, -0.05) is 30.3 Å². The second-order valence-electron chi connectivity index (χ2n) is 3.53. The van der Waals surface area contributed by atoms with Crippen molar-refractivity contribution in [2.24, 2.45) is 0 Å². The molecule has 1 aliphatic carbocycles. The molecule has 16 heavy (non-hydrogen) atoms. The fourth-order valence-electron chi connectivity index (χ4n) is 1.86. The molecule has 0 saturated carbocycles. The summed E-state index contributed by atoms with van der Waals surface area (Å²) in [4.78, 5) is 0. The Kier molecular flexibility index (Phi) is 3.30. The van der Waals surface area contributed by atoms with Gasteiger partial charge in [0.1, 0.15) is 0 Å². The number of hydrogen-bond acceptors (Lipinski definition) is 2. The van der Waals surface area contributed by atoms with Crippen molar-refractivity contribution in [2.75, 3.05) is 14.2 Å². The van der Waals surface area contributed by atoms with Gasteiger partial charge in [-0.25, -0.2) is 0 Å². The van der Waals surface area contributed by atoms with E-state index in [1.165, 1.54) is 0 Å². The lowest BCUT2D eigenvalue weighted by Gasteiger charge is -2.19. The van der Waals surface area contributed by atoms with Crippen LogP contribution in [0.15, 0.2) is 47.9 Å². The fourth-order valence-corrected chi connectivity index (χ4v) is 1.86. The van der Waals surface area contributed by atoms with Gasteiger partial charge < -0.3 is 9.47 Å². The van der Waals surface area contributed by atoms with E-state index in [4.69, 9.17) is 9.47 Å². The molecule has 0 amide bonds. The monoisotopic (exact) mass is 215 g/mol. The minimum absolute atomic E-state index is 0.806. The largest absolute Gasteiger partial charge is 0.493 e. The second-order valence-corrected chi connectivity index (χ2v) is 3.53. The van der Waals surface area contributed by atoms with E-state index in [2.05, 4.69) is 18.6 Å². The second kappa shape index (κ2) is 4.88. The molecule has 0 aromatic heterocycles. The number of ether oxygens (including phenoxy) is 2. The first-order valence-electron chi connectivity index (χ1n) is 5.28. The first-order chi connectivity index (χ1) is 7.86. The summed E-state index contributed by atoms with van der Waals surface area (Å²) >= 11 is 0. The van der Waals surface area contributed by atoms with E-state index in [-0.39, 0.29) is 0 Å². The maximum atomic E-state index is 5.42. The lowest BCUT2D eigenvalue weighted by Crippen LogP contribution is -2.05. The van der Waals surface area contributed by atoms with Crippen LogP contribution in [0.25, 0.3) is 5.57 Å². The van der Waals surface area contributed by atoms with E-state index < -0.39 is 0 Å². The number of rotatable bonds is 3. The van der Waals surface area contributed by atoms with Gasteiger partial charge in [0.2, 0.25) is 0 Å². The van der Waals surface area contributed by atoms with Crippen LogP contribution in [0.3, 0.4) is 0 Å². The fraction of sp³-hybridized carbons (Fsp3) is 0.214. The summed E-state index contributed by atoms with van der Waals surface area (Å²) in [6.45, 7) is 0. The van der Waals surface area contributed by atoms with Crippen LogP contribution >= 0.6 is 0 Å². The minimum Gasteiger partial charge on any atom is -0.493 e. The molecule has 1 radical (unpaired) electrons. The highest BCUT2D eigenvalue weighted by Gasteiger charge is 2.18. The number of hydrogen-bond donors (Lipinski definition) is 0. The number of allylic oxidation sites excluding steroid dienone is 2. The predicted molar refractivity (Wildman–Crippen MR) is 64.4 cm³/mol. The third-order valence-electron chi connectivity index (χ3n) is 2.60. The molecule has 0 fully saturated rings. The van der Waals surface area contributed by atoms with Gasteiger partial charge in [0.15, 0.2) is 11.5 Å². The molecule has 0 bridgehead atoms. The van der Waals surface area contributed by atoms with Gasteiger partial charge in [0.05, 0.1) is 14.2 Å². The standard InChI is InChI=1S/C14H15O2/c1-15-13-10-6-9-12(14(13)16-2)11-7-4-3-5-8-11/h3-5,7-10H,6H2,1-2H3. The first kappa shape index (κ1) is 10.8. The summed E-state index contributed by atoms with van der Waals surface area (Å²) in [7, 11) is 3.34. The molecule has 2 nitrogen and oxygen atoms in total. The molecule has 0 heterocycles. The zero-order valence-corrected chi connectivity index (χ0v) is 9.57. The predicted octanol–water partition coefficient (Wildman–Crippen LogP) is 3.18. The third kappa shape index (κ3) is 1.96. The van der Waals surface area contributed by atoms with Crippen LogP contribution in [0, 0.1) is 6.42 Å². The van der Waals surface area contributed by atoms with Crippen LogP contribution in [0.2, 0.25) is 0 Å². The lowest BCUT2D eigenvalue weighted by molar-refractivity contribution is 0.219. The van der Waals surface area contributed by atoms with Crippen LogP contribution in [-0.2, 0) is 9.47 Å². The summed E-state index contributed by atoms with van der Waals surface area (Å²) in [5.41, 5.74) is 2.25. The van der Waals surface area contributed by atoms with E-state index in [0.717, 1.165) is 29.1 Å². The minimum atomic E-state index is 0.806. The highest BCUT2D eigenvalue weighted by Crippen LogP contribution is 2.32. The van der Waals surface area contributed by atoms with Gasteiger partial charge in [-0.05, 0) is 24.5 Å². The summed E-state index contributed by atoms with van der Waals surface area (Å²) in [6, 6.07) is 10.2. The van der Waals surface area contributed by atoms with Gasteiger partial charge in [-0.2, -0.15) is 0 Å². The summed E-state index contributed by atoms with van der Waals surface area (Å²) in [6.07, 6.45) is 5.04. The molecule has 1 aromatic rings. The molecular weight excluding hydrogens is 200 g/mol. The Hall–Kier alpha value is -1.70. The Labute approximate surface area is 96.2 Å². The molecule has 0 spiro atoms. The molecule has 2 heteroatoms. The number of benzene rings is 1. The van der Waals surface area contributed by atoms with E-state index in [9.17, 15) is 0 Å². The average molecular weight is 215 g/mol. The maximum absolute atomic E-state index is 5.42. The van der Waals surface area contributed by atoms with Crippen molar-refractivity contribution in [3.05, 3.63) is 59.9 Å². The Morgan fingerprint density at radius 1 is 1.00 bits per heavy atom. The summed E-state index contributed by atoms with van der Waals surface area (Å²) < 4.78 is 10.7. The highest BCUT2D eigenvalue weighted by atomic mass is 16.5. The van der Waals surface area contributed by atoms with Crippen LogP contribution < -0.4 is 0 Å². The molecule has 0 aliphatic heterocycles. The smallest absolute Gasteiger partial charge is 0.164 e. The van der Waals surface area contributed by atoms with E-state index >= 15 is 0 Å². The maximum Gasteiger partial charge on any atom is 0.164 e. The third-order valence-corrected chi connectivity index (χ3v) is 2.60. The average Bonchev–Trinajstić information content (AvgIpc) is 2.38. The molecule has 0 unspecified atom stereocenters. The SMILES string of the molecule is COC1=CC[CH]C(c2ccccc2)=C1OC. The quantitative estimate of drug-likeness (QED) is 0.771. The molecule has 0 atom stereocenters. The van der Waals surface area contributed by atoms with Gasteiger partial charge in [-0.15, -0.1) is 0 Å². The molecule has 1 aromatic carbocycles. The molecule has 2 rings (SSSR count). The van der Waals surface area contributed by atoms with Gasteiger partial charge in [0.25, 0.3) is 0 Å². The highest BCUT2D eigenvalue weighted by molar-refractivity contribution is 5.77. The Balaban J connectivity index is 2.45. The first-order valence-corrected chi connectivity index (χ1v) is 5.28. The zero-order valence-electron chi connectivity index (χ0n) is 9.57. The Morgan fingerprint density at radius 2 is 1.75 bits per heavy atom. The van der Waals surface area contributed by atoms with Crippen LogP contribution in [0.1, 0.15) is 12.0 Å². The van der Waals surface area contributed by atoms with Crippen LogP contribution in [0.4, 0.5) is 0 Å². The molecule has 1 aliphatic rings. The summed E-state index contributed by atoms with van der Waals surface area (Å²) in [5, 5.41) is 0. The van der Waals surface area contributed by atoms with Crippen LogP contribution in [0.5, 0.6) is 0 Å². The lowest BCUT2D eigenvalue weighted by atomic mass is 9.95. The van der Waals surface area contributed by atoms with Crippen molar-refractivity contribution in [3.8, 4) is 0 Å². The summed E-state index contributed by atoms with van der Waals surface area (Å²) in [5.74, 6) is 1.61. The zero-order chi connectivity index (χ0) is 11.4. The molecule has 0 N–H and O–H groups in total. The van der Waals surface area contributed by atoms with Crippen molar-refractivity contribution in [1.82, 2.24) is 0 Å². The van der Waals surface area contributed by atoms with Crippen molar-refractivity contribution >= 4 is 5.57 Å². The van der Waals surface area contributed by atoms with Gasteiger partial charge in [0, 0.05) is 5.57 Å². The van der Waals surface area contributed by atoms with E-state index in [1.54, 1.807) is 14.2 Å². The van der Waals surface area contributed by atoms with Gasteiger partial charge in [-0.3, -0.25) is 0 Å². The van der Waals surface area contributed by atoms with E-state index in [1.807, 2.05) is 24.3 Å². The Bertz CT molecular complexity index is 416. The molecule has 0 saturated heterocycles. The molecular formula is C14H15O2. The van der Waals surface area contributed by atoms with Crippen molar-refractivity contribution in [2.45, 2.75) is 6.42 Å².